The molecule has 0 saturated carbocycles. The summed E-state index contributed by atoms with van der Waals surface area (Å²) < 4.78 is 5.42. The van der Waals surface area contributed by atoms with Gasteiger partial charge in [-0.3, -0.25) is 14.5 Å². The molecule has 7 heteroatoms. The molecular weight excluding hydrogens is 366 g/mol. The molecule has 0 N–H and O–H groups in total. The first kappa shape index (κ1) is 18.3. The molecule has 0 radical (unpaired) electrons. The lowest BCUT2D eigenvalue weighted by Crippen LogP contribution is -2.47. The number of furan rings is 1. The van der Waals surface area contributed by atoms with Gasteiger partial charge in [0.2, 0.25) is 5.91 Å². The molecule has 1 atom stereocenters. The van der Waals surface area contributed by atoms with Gasteiger partial charge in [0.05, 0.1) is 23.4 Å². The fourth-order valence-electron chi connectivity index (χ4n) is 4.00. The zero-order valence-electron chi connectivity index (χ0n) is 15.5. The second-order valence-corrected chi connectivity index (χ2v) is 7.67. The monoisotopic (exact) mass is 389 g/mol. The van der Waals surface area contributed by atoms with Gasteiger partial charge in [0, 0.05) is 44.2 Å². The molecule has 2 aliphatic rings. The van der Waals surface area contributed by atoms with Crippen LogP contribution >= 0.6 is 11.6 Å². The average Bonchev–Trinajstić information content (AvgIpc) is 3.24. The number of hydrogen-bond acceptors (Lipinski definition) is 4. The maximum atomic E-state index is 13.2. The number of carbonyl (C=O) groups excluding carboxylic acids is 2. The lowest BCUT2D eigenvalue weighted by atomic mass is 10.1. The Labute approximate surface area is 163 Å². The first-order valence-corrected chi connectivity index (χ1v) is 9.93. The van der Waals surface area contributed by atoms with Gasteiger partial charge in [-0.25, -0.2) is 0 Å². The number of halogens is 1. The number of amides is 2. The molecule has 6 nitrogen and oxygen atoms in total. The lowest BCUT2D eigenvalue weighted by molar-refractivity contribution is -0.135. The predicted octanol–water partition coefficient (Wildman–Crippen LogP) is 2.85. The summed E-state index contributed by atoms with van der Waals surface area (Å²) in [6, 6.07) is 5.38. The van der Waals surface area contributed by atoms with E-state index in [0.717, 1.165) is 44.4 Å². The second kappa shape index (κ2) is 7.52. The van der Waals surface area contributed by atoms with Crippen molar-refractivity contribution in [3.8, 4) is 0 Å². The van der Waals surface area contributed by atoms with Crippen LogP contribution in [0.4, 0.5) is 0 Å². The number of benzene rings is 1. The van der Waals surface area contributed by atoms with Crippen LogP contribution < -0.4 is 0 Å². The molecule has 144 valence electrons. The number of fused-ring (bicyclic) bond motifs is 1. The van der Waals surface area contributed by atoms with Crippen molar-refractivity contribution < 1.29 is 14.0 Å². The van der Waals surface area contributed by atoms with E-state index < -0.39 is 0 Å². The number of likely N-dealkylation sites (tertiary alicyclic amines) is 2. The van der Waals surface area contributed by atoms with E-state index >= 15 is 0 Å². The average molecular weight is 390 g/mol. The van der Waals surface area contributed by atoms with Crippen LogP contribution in [0.2, 0.25) is 5.02 Å². The maximum Gasteiger partial charge on any atom is 0.254 e. The van der Waals surface area contributed by atoms with E-state index in [-0.39, 0.29) is 17.9 Å². The van der Waals surface area contributed by atoms with Gasteiger partial charge in [-0.2, -0.15) is 0 Å². The second-order valence-electron chi connectivity index (χ2n) is 7.26. The Morgan fingerprint density at radius 3 is 2.78 bits per heavy atom. The third kappa shape index (κ3) is 3.44. The quantitative estimate of drug-likeness (QED) is 0.789. The fraction of sp³-hybridized carbons (Fsp3) is 0.500. The highest BCUT2D eigenvalue weighted by Crippen LogP contribution is 2.29. The summed E-state index contributed by atoms with van der Waals surface area (Å²) in [6.45, 7) is 6.42. The van der Waals surface area contributed by atoms with Crippen LogP contribution in [0, 0.1) is 0 Å². The van der Waals surface area contributed by atoms with E-state index in [0.29, 0.717) is 29.3 Å². The Morgan fingerprint density at radius 2 is 2.07 bits per heavy atom. The van der Waals surface area contributed by atoms with Gasteiger partial charge in [-0.15, -0.1) is 0 Å². The third-order valence-electron chi connectivity index (χ3n) is 5.66. The largest absolute Gasteiger partial charge is 0.463 e. The number of rotatable bonds is 5. The molecule has 1 aromatic heterocycles. The van der Waals surface area contributed by atoms with Gasteiger partial charge in [0.15, 0.2) is 5.58 Å². The molecule has 2 aliphatic heterocycles. The van der Waals surface area contributed by atoms with Crippen LogP contribution in [0.5, 0.6) is 0 Å². The van der Waals surface area contributed by atoms with Gasteiger partial charge in [0.1, 0.15) is 0 Å². The smallest absolute Gasteiger partial charge is 0.254 e. The molecular formula is C20H24ClN3O3. The van der Waals surface area contributed by atoms with Gasteiger partial charge in [-0.1, -0.05) is 11.6 Å². The molecule has 0 aliphatic carbocycles. The van der Waals surface area contributed by atoms with Crippen molar-refractivity contribution in [3.63, 3.8) is 0 Å². The highest BCUT2D eigenvalue weighted by molar-refractivity contribution is 6.35. The lowest BCUT2D eigenvalue weighted by Gasteiger charge is -2.33. The fourth-order valence-corrected chi connectivity index (χ4v) is 4.21. The Morgan fingerprint density at radius 1 is 1.26 bits per heavy atom. The third-order valence-corrected chi connectivity index (χ3v) is 5.95. The SMILES string of the molecule is CCN(C(=O)c1ccc(Cl)c2occc12)C1CCN(CC(=O)N2CCC2)C1. The molecule has 2 amide bonds. The summed E-state index contributed by atoms with van der Waals surface area (Å²) in [4.78, 5) is 31.4. The van der Waals surface area contributed by atoms with Gasteiger partial charge >= 0.3 is 0 Å². The molecule has 1 aromatic carbocycles. The molecule has 3 heterocycles. The Hall–Kier alpha value is -2.05. The van der Waals surface area contributed by atoms with E-state index in [1.807, 2.05) is 16.7 Å². The molecule has 27 heavy (non-hydrogen) atoms. The van der Waals surface area contributed by atoms with Crippen LogP contribution in [0.1, 0.15) is 30.1 Å². The van der Waals surface area contributed by atoms with Gasteiger partial charge in [0.25, 0.3) is 5.91 Å². The molecule has 2 fully saturated rings. The van der Waals surface area contributed by atoms with Crippen LogP contribution in [0.15, 0.2) is 28.9 Å². The maximum absolute atomic E-state index is 13.2. The molecule has 1 unspecified atom stereocenters. The minimum Gasteiger partial charge on any atom is -0.463 e. The van der Waals surface area contributed by atoms with Crippen molar-refractivity contribution in [2.45, 2.75) is 25.8 Å². The normalized spacial score (nSPS) is 20.1. The van der Waals surface area contributed by atoms with Crippen molar-refractivity contribution in [1.82, 2.24) is 14.7 Å². The predicted molar refractivity (Wildman–Crippen MR) is 104 cm³/mol. The number of carbonyl (C=O) groups is 2. The van der Waals surface area contributed by atoms with Crippen LogP contribution in [-0.2, 0) is 4.79 Å². The Kier molecular flexibility index (Phi) is 5.10. The topological polar surface area (TPSA) is 57.0 Å². The van der Waals surface area contributed by atoms with Crippen molar-refractivity contribution in [1.29, 1.82) is 0 Å². The van der Waals surface area contributed by atoms with Crippen molar-refractivity contribution in [3.05, 3.63) is 35.0 Å². The van der Waals surface area contributed by atoms with Crippen LogP contribution in [0.3, 0.4) is 0 Å². The summed E-state index contributed by atoms with van der Waals surface area (Å²) in [5.74, 6) is 0.190. The van der Waals surface area contributed by atoms with Crippen molar-refractivity contribution in [2.75, 3.05) is 39.3 Å². The Balaban J connectivity index is 1.47. The van der Waals surface area contributed by atoms with Crippen LogP contribution in [0.25, 0.3) is 11.0 Å². The highest BCUT2D eigenvalue weighted by atomic mass is 35.5. The molecule has 0 spiro atoms. The van der Waals surface area contributed by atoms with Crippen LogP contribution in [-0.4, -0.2) is 71.8 Å². The van der Waals surface area contributed by atoms with E-state index in [1.165, 1.54) is 0 Å². The van der Waals surface area contributed by atoms with E-state index in [2.05, 4.69) is 4.90 Å². The summed E-state index contributed by atoms with van der Waals surface area (Å²) in [5.41, 5.74) is 1.16. The van der Waals surface area contributed by atoms with E-state index in [9.17, 15) is 9.59 Å². The van der Waals surface area contributed by atoms with E-state index in [4.69, 9.17) is 16.0 Å². The minimum absolute atomic E-state index is 0.0125. The first-order chi connectivity index (χ1) is 13.1. The van der Waals surface area contributed by atoms with Crippen molar-refractivity contribution in [2.24, 2.45) is 0 Å². The molecule has 2 aromatic rings. The minimum atomic E-state index is -0.0125. The van der Waals surface area contributed by atoms with Crippen molar-refractivity contribution >= 4 is 34.4 Å². The first-order valence-electron chi connectivity index (χ1n) is 9.55. The van der Waals surface area contributed by atoms with Gasteiger partial charge < -0.3 is 14.2 Å². The summed E-state index contributed by atoms with van der Waals surface area (Å²) in [5, 5.41) is 1.25. The van der Waals surface area contributed by atoms with E-state index in [1.54, 1.807) is 24.5 Å². The number of nitrogens with zero attached hydrogens (tertiary/aromatic N) is 3. The summed E-state index contributed by atoms with van der Waals surface area (Å²) >= 11 is 6.16. The number of hydrogen-bond donors (Lipinski definition) is 0. The Bertz CT molecular complexity index is 861. The standard InChI is InChI=1S/C20H24ClN3O3/c1-2-24(14-6-10-22(12-14)13-18(25)23-8-3-9-23)20(26)16-4-5-17(21)19-15(16)7-11-27-19/h4-5,7,11,14H,2-3,6,8-10,12-13H2,1H3. The summed E-state index contributed by atoms with van der Waals surface area (Å²) in [6.07, 6.45) is 3.55. The molecule has 2 saturated heterocycles. The van der Waals surface area contributed by atoms with Gasteiger partial charge in [-0.05, 0) is 38.0 Å². The highest BCUT2D eigenvalue weighted by Gasteiger charge is 2.33. The summed E-state index contributed by atoms with van der Waals surface area (Å²) in [7, 11) is 0. The molecule has 4 rings (SSSR count). The number of likely N-dealkylation sites (N-methyl/N-ethyl adjacent to an activating group) is 1. The molecule has 0 bridgehead atoms. The zero-order valence-corrected chi connectivity index (χ0v) is 16.2. The zero-order chi connectivity index (χ0) is 19.0.